The molecule has 0 aromatic rings. The Hall–Kier alpha value is -0.120. The quantitative estimate of drug-likeness (QED) is 0.306. The fourth-order valence-corrected chi connectivity index (χ4v) is 6.44. The van der Waals surface area contributed by atoms with Gasteiger partial charge in [0.1, 0.15) is 0 Å². The zero-order valence-electron chi connectivity index (χ0n) is 29.9. The lowest BCUT2D eigenvalue weighted by atomic mass is 9.67. The molecule has 7 unspecified atom stereocenters. The fourth-order valence-electron chi connectivity index (χ4n) is 6.44. The van der Waals surface area contributed by atoms with Gasteiger partial charge in [0.05, 0.1) is 12.2 Å². The second-order valence-electron chi connectivity index (χ2n) is 17.5. The van der Waals surface area contributed by atoms with E-state index in [4.69, 9.17) is 4.74 Å². The van der Waals surface area contributed by atoms with Gasteiger partial charge in [0, 0.05) is 13.7 Å². The number of ether oxygens (including phenoxy) is 1. The Labute approximate surface area is 253 Å². The first kappa shape index (κ1) is 39.9. The molecule has 0 bridgehead atoms. The van der Waals surface area contributed by atoms with Crippen LogP contribution in [-0.4, -0.2) is 36.1 Å². The van der Waals surface area contributed by atoms with Crippen LogP contribution in [0.3, 0.4) is 0 Å². The van der Waals surface area contributed by atoms with E-state index >= 15 is 0 Å². The molecule has 0 radical (unpaired) electrons. The lowest BCUT2D eigenvalue weighted by Crippen LogP contribution is -2.37. The van der Waals surface area contributed by atoms with Crippen molar-refractivity contribution in [3.05, 3.63) is 0 Å². The van der Waals surface area contributed by atoms with Crippen LogP contribution in [0, 0.1) is 51.8 Å². The molecule has 7 atom stereocenters. The fraction of sp³-hybridized carbons (Fsp3) is 1.00. The van der Waals surface area contributed by atoms with E-state index < -0.39 is 0 Å². The van der Waals surface area contributed by atoms with E-state index in [1.807, 2.05) is 0 Å². The van der Waals surface area contributed by atoms with Crippen molar-refractivity contribution in [3.63, 3.8) is 0 Å². The van der Waals surface area contributed by atoms with Crippen molar-refractivity contribution in [1.82, 2.24) is 0 Å². The summed E-state index contributed by atoms with van der Waals surface area (Å²) >= 11 is 0. The standard InChI is InChI=1S/C16H32O.C15H30O.C6H14O/c1-15(2,3)10-9-12-7-8-13(14(17)11-12)16(4,5)6;1-11(2)13-10-12(6-7-14(13)16)8-9-15(3,4)5;1-4-6(2)5-7-3/h12-14,17H,7-11H2,1-6H3;11-14,16H,6-10H2,1-5H3;6H,4-5H2,1-3H3. The molecule has 40 heavy (non-hydrogen) atoms. The summed E-state index contributed by atoms with van der Waals surface area (Å²) in [5.74, 6) is 4.00. The van der Waals surface area contributed by atoms with E-state index in [1.54, 1.807) is 7.11 Å². The van der Waals surface area contributed by atoms with E-state index in [-0.39, 0.29) is 17.6 Å². The van der Waals surface area contributed by atoms with Crippen molar-refractivity contribution < 1.29 is 14.9 Å². The summed E-state index contributed by atoms with van der Waals surface area (Å²) < 4.78 is 4.89. The maximum Gasteiger partial charge on any atom is 0.0576 e. The Morgan fingerprint density at radius 2 is 1.18 bits per heavy atom. The largest absolute Gasteiger partial charge is 0.393 e. The Balaban J connectivity index is 0.000000619. The minimum atomic E-state index is -0.0753. The molecule has 0 aromatic carbocycles. The first-order chi connectivity index (χ1) is 18.2. The highest BCUT2D eigenvalue weighted by molar-refractivity contribution is 4.87. The topological polar surface area (TPSA) is 49.7 Å². The van der Waals surface area contributed by atoms with E-state index in [2.05, 4.69) is 90.0 Å². The molecule has 2 fully saturated rings. The van der Waals surface area contributed by atoms with Crippen LogP contribution in [-0.2, 0) is 4.74 Å². The average Bonchev–Trinajstić information content (AvgIpc) is 2.81. The highest BCUT2D eigenvalue weighted by Gasteiger charge is 2.36. The van der Waals surface area contributed by atoms with Crippen molar-refractivity contribution in [1.29, 1.82) is 0 Å². The lowest BCUT2D eigenvalue weighted by molar-refractivity contribution is -0.0116. The molecule has 2 N–H and O–H groups in total. The van der Waals surface area contributed by atoms with Crippen molar-refractivity contribution >= 4 is 0 Å². The minimum absolute atomic E-state index is 0.0362. The molecular formula is C37H76O3. The van der Waals surface area contributed by atoms with E-state index in [0.29, 0.717) is 28.6 Å². The van der Waals surface area contributed by atoms with Crippen molar-refractivity contribution in [2.45, 2.75) is 173 Å². The predicted octanol–water partition coefficient (Wildman–Crippen LogP) is 10.6. The van der Waals surface area contributed by atoms with E-state index in [1.165, 1.54) is 57.8 Å². The maximum atomic E-state index is 10.3. The van der Waals surface area contributed by atoms with Crippen molar-refractivity contribution in [3.8, 4) is 0 Å². The van der Waals surface area contributed by atoms with E-state index in [0.717, 1.165) is 37.2 Å². The smallest absolute Gasteiger partial charge is 0.0576 e. The summed E-state index contributed by atoms with van der Waals surface area (Å²) in [6.45, 7) is 30.4. The molecule has 0 aromatic heterocycles. The Morgan fingerprint density at radius 3 is 1.52 bits per heavy atom. The monoisotopic (exact) mass is 569 g/mol. The Kier molecular flexibility index (Phi) is 18.5. The van der Waals surface area contributed by atoms with Crippen LogP contribution in [0.4, 0.5) is 0 Å². The van der Waals surface area contributed by atoms with Gasteiger partial charge in [-0.1, -0.05) is 96.4 Å². The molecule has 3 nitrogen and oxygen atoms in total. The second-order valence-corrected chi connectivity index (χ2v) is 17.5. The van der Waals surface area contributed by atoms with Crippen LogP contribution in [0.15, 0.2) is 0 Å². The Morgan fingerprint density at radius 1 is 0.700 bits per heavy atom. The Bertz CT molecular complexity index is 621. The third-order valence-electron chi connectivity index (χ3n) is 9.62. The van der Waals surface area contributed by atoms with Crippen LogP contribution in [0.25, 0.3) is 0 Å². The van der Waals surface area contributed by atoms with Gasteiger partial charge in [0.15, 0.2) is 0 Å². The number of methoxy groups -OCH3 is 1. The minimum Gasteiger partial charge on any atom is -0.393 e. The van der Waals surface area contributed by atoms with Crippen LogP contribution >= 0.6 is 0 Å². The molecular weight excluding hydrogens is 492 g/mol. The zero-order valence-corrected chi connectivity index (χ0v) is 29.9. The van der Waals surface area contributed by atoms with Crippen molar-refractivity contribution in [2.24, 2.45) is 51.8 Å². The van der Waals surface area contributed by atoms with Gasteiger partial charge in [-0.15, -0.1) is 0 Å². The summed E-state index contributed by atoms with van der Waals surface area (Å²) in [5.41, 5.74) is 1.16. The molecule has 0 heterocycles. The summed E-state index contributed by atoms with van der Waals surface area (Å²) in [6, 6.07) is 0. The number of aliphatic hydroxyl groups excluding tert-OH is 2. The van der Waals surface area contributed by atoms with Crippen LogP contribution in [0.5, 0.6) is 0 Å². The maximum absolute atomic E-state index is 10.3. The van der Waals surface area contributed by atoms with Crippen LogP contribution in [0.2, 0.25) is 0 Å². The number of hydrogen-bond donors (Lipinski definition) is 2. The predicted molar refractivity (Wildman–Crippen MR) is 177 cm³/mol. The third-order valence-corrected chi connectivity index (χ3v) is 9.62. The molecule has 2 rings (SSSR count). The van der Waals surface area contributed by atoms with Crippen LogP contribution < -0.4 is 0 Å². The average molecular weight is 569 g/mol. The third kappa shape index (κ3) is 18.4. The van der Waals surface area contributed by atoms with E-state index in [9.17, 15) is 10.2 Å². The lowest BCUT2D eigenvalue weighted by Gasteiger charge is -2.41. The molecule has 0 aliphatic heterocycles. The van der Waals surface area contributed by atoms with Gasteiger partial charge in [-0.3, -0.25) is 0 Å². The SMILES string of the molecule is CC(C)(C)CCC1CCC(C(C)(C)C)C(O)C1.CC(C)C1CC(CCC(C)(C)C)CCC1O.CCC(C)COC. The highest BCUT2D eigenvalue weighted by Crippen LogP contribution is 2.42. The first-order valence-electron chi connectivity index (χ1n) is 17.0. The van der Waals surface area contributed by atoms with Gasteiger partial charge in [-0.2, -0.15) is 0 Å². The van der Waals surface area contributed by atoms with Crippen LogP contribution in [0.1, 0.15) is 161 Å². The van der Waals surface area contributed by atoms with Gasteiger partial charge in [0.25, 0.3) is 0 Å². The molecule has 2 saturated carbocycles. The summed E-state index contributed by atoms with van der Waals surface area (Å²) in [6.07, 6.45) is 13.4. The zero-order chi connectivity index (χ0) is 31.3. The number of aliphatic hydroxyl groups is 2. The molecule has 3 heteroatoms. The summed E-state index contributed by atoms with van der Waals surface area (Å²) in [4.78, 5) is 0. The molecule has 0 saturated heterocycles. The summed E-state index contributed by atoms with van der Waals surface area (Å²) in [7, 11) is 1.74. The normalized spacial score (nSPS) is 28.7. The van der Waals surface area contributed by atoms with Gasteiger partial charge in [0.2, 0.25) is 0 Å². The van der Waals surface area contributed by atoms with Gasteiger partial charge in [-0.25, -0.2) is 0 Å². The highest BCUT2D eigenvalue weighted by atomic mass is 16.5. The molecule has 0 amide bonds. The molecule has 2 aliphatic carbocycles. The molecule has 242 valence electrons. The molecule has 2 aliphatic rings. The number of rotatable bonds is 8. The van der Waals surface area contributed by atoms with Crippen molar-refractivity contribution in [2.75, 3.05) is 13.7 Å². The van der Waals surface area contributed by atoms with Gasteiger partial charge >= 0.3 is 0 Å². The van der Waals surface area contributed by atoms with Gasteiger partial charge < -0.3 is 14.9 Å². The van der Waals surface area contributed by atoms with Gasteiger partial charge in [-0.05, 0) is 116 Å². The molecule has 0 spiro atoms. The summed E-state index contributed by atoms with van der Waals surface area (Å²) in [5, 5.41) is 20.3. The second kappa shape index (κ2) is 18.5. The first-order valence-corrected chi connectivity index (χ1v) is 17.0. The number of hydrogen-bond acceptors (Lipinski definition) is 3.